The average molecular weight is 221 g/mol. The summed E-state index contributed by atoms with van der Waals surface area (Å²) in [4.78, 5) is 11.4. The molecule has 1 rings (SSSR count). The van der Waals surface area contributed by atoms with E-state index in [2.05, 4.69) is 5.11 Å². The first-order chi connectivity index (χ1) is 8.60. The van der Waals surface area contributed by atoms with Crippen molar-refractivity contribution >= 4 is 23.3 Å². The molecule has 14 heavy (non-hydrogen) atoms. The molecule has 0 heterocycles. The lowest BCUT2D eigenvalue weighted by Crippen LogP contribution is -2.04. The number of carbonyl (C=O) groups is 1. The third-order valence-corrected chi connectivity index (χ3v) is 1.65. The van der Waals surface area contributed by atoms with Gasteiger partial charge in [0, 0.05) is 6.04 Å². The van der Waals surface area contributed by atoms with Crippen molar-refractivity contribution in [2.45, 2.75) is 6.92 Å². The van der Waals surface area contributed by atoms with Gasteiger partial charge in [-0.3, -0.25) is 0 Å². The normalized spacial score (nSPS) is 15.7. The van der Waals surface area contributed by atoms with Crippen molar-refractivity contribution in [2.24, 2.45) is 0 Å². The van der Waals surface area contributed by atoms with Crippen molar-refractivity contribution in [1.29, 1.82) is 1.43 Å². The van der Waals surface area contributed by atoms with Crippen LogP contribution in [0.2, 0.25) is 5.02 Å². The molecule has 76 valence electrons. The SMILES string of the molecule is [2H]OC(=O)c1c([2H])c(Cl)c(N)c([2H])c1OC([2H])([2H])C. The van der Waals surface area contributed by atoms with Gasteiger partial charge in [-0.05, 0) is 13.0 Å². The van der Waals surface area contributed by atoms with Gasteiger partial charge in [-0.1, -0.05) is 11.6 Å². The molecule has 0 saturated heterocycles. The van der Waals surface area contributed by atoms with Crippen LogP contribution in [0.4, 0.5) is 5.69 Å². The summed E-state index contributed by atoms with van der Waals surface area (Å²) in [6.07, 6.45) is 0. The van der Waals surface area contributed by atoms with Gasteiger partial charge in [-0.25, -0.2) is 4.79 Å². The number of nitrogen functional groups attached to an aromatic ring is 1. The second-order valence-electron chi connectivity index (χ2n) is 2.28. The van der Waals surface area contributed by atoms with Crippen molar-refractivity contribution in [3.63, 3.8) is 0 Å². The molecule has 0 unspecified atom stereocenters. The maximum absolute atomic E-state index is 11.4. The van der Waals surface area contributed by atoms with Gasteiger partial charge in [-0.15, -0.1) is 0 Å². The number of halogens is 1. The molecular formula is C9H10ClNO3. The number of carboxylic acids is 1. The van der Waals surface area contributed by atoms with E-state index in [-0.39, 0.29) is 10.7 Å². The molecule has 0 bridgehead atoms. The molecule has 0 radical (unpaired) electrons. The minimum absolute atomic E-state index is 0.326. The molecule has 0 atom stereocenters. The van der Waals surface area contributed by atoms with Gasteiger partial charge in [0.05, 0.1) is 22.8 Å². The number of hydrogen-bond acceptors (Lipinski definition) is 4. The predicted octanol–water partition coefficient (Wildman–Crippen LogP) is 2.02. The number of rotatable bonds is 3. The fourth-order valence-electron chi connectivity index (χ4n) is 0.796. The summed E-state index contributed by atoms with van der Waals surface area (Å²) in [5, 5.41) is 3.36. The molecule has 0 aliphatic rings. The van der Waals surface area contributed by atoms with Crippen LogP contribution < -0.4 is 10.5 Å². The van der Waals surface area contributed by atoms with Crippen molar-refractivity contribution in [2.75, 3.05) is 12.3 Å². The number of benzene rings is 1. The Kier molecular flexibility index (Phi) is 1.64. The van der Waals surface area contributed by atoms with Gasteiger partial charge in [0.2, 0.25) is 0 Å². The van der Waals surface area contributed by atoms with Crippen LogP contribution in [0.25, 0.3) is 1.43 Å². The van der Waals surface area contributed by atoms with E-state index in [9.17, 15) is 4.79 Å². The minimum atomic E-state index is -2.22. The molecule has 0 aliphatic carbocycles. The number of carboxylic acid groups (broad SMARTS) is 1. The van der Waals surface area contributed by atoms with E-state index in [0.29, 0.717) is 0 Å². The summed E-state index contributed by atoms with van der Waals surface area (Å²) in [6, 6.07) is -1.14. The molecule has 0 saturated carbocycles. The lowest BCUT2D eigenvalue weighted by Gasteiger charge is -2.08. The molecule has 0 spiro atoms. The highest BCUT2D eigenvalue weighted by Crippen LogP contribution is 2.28. The monoisotopic (exact) mass is 220 g/mol. The van der Waals surface area contributed by atoms with Crippen molar-refractivity contribution in [3.8, 4) is 5.75 Å². The number of aromatic carboxylic acids is 1. The third-order valence-electron chi connectivity index (χ3n) is 1.35. The number of hydrogen-bond donors (Lipinski definition) is 2. The molecule has 5 heteroatoms. The third kappa shape index (κ3) is 2.09. The van der Waals surface area contributed by atoms with E-state index >= 15 is 0 Å². The first-order valence-electron chi connectivity index (χ1n) is 5.95. The predicted molar refractivity (Wildman–Crippen MR) is 54.0 cm³/mol. The van der Waals surface area contributed by atoms with Crippen molar-refractivity contribution in [3.05, 3.63) is 22.7 Å². The van der Waals surface area contributed by atoms with Crippen LogP contribution in [0.1, 0.15) is 22.8 Å². The van der Waals surface area contributed by atoms with Crippen LogP contribution in [-0.4, -0.2) is 17.6 Å². The molecule has 4 nitrogen and oxygen atoms in total. The van der Waals surface area contributed by atoms with E-state index in [1.807, 2.05) is 0 Å². The maximum atomic E-state index is 11.4. The van der Waals surface area contributed by atoms with Crippen LogP contribution in [0.5, 0.6) is 5.75 Å². The Bertz CT molecular complexity index is 532. The zero-order valence-electron chi connectivity index (χ0n) is 12.2. The smallest absolute Gasteiger partial charge is 0.339 e. The van der Waals surface area contributed by atoms with Gasteiger partial charge >= 0.3 is 5.97 Å². The van der Waals surface area contributed by atoms with E-state index in [1.165, 1.54) is 0 Å². The van der Waals surface area contributed by atoms with Crippen molar-refractivity contribution in [1.82, 2.24) is 0 Å². The minimum Gasteiger partial charge on any atom is -0.493 e. The van der Waals surface area contributed by atoms with E-state index in [1.54, 1.807) is 0 Å². The Morgan fingerprint density at radius 2 is 2.64 bits per heavy atom. The topological polar surface area (TPSA) is 72.5 Å². The van der Waals surface area contributed by atoms with Crippen LogP contribution in [0, 0.1) is 0 Å². The van der Waals surface area contributed by atoms with E-state index in [4.69, 9.17) is 29.0 Å². The van der Waals surface area contributed by atoms with Gasteiger partial charge in [0.25, 0.3) is 1.43 Å². The first-order valence-corrected chi connectivity index (χ1v) is 3.92. The summed E-state index contributed by atoms with van der Waals surface area (Å²) in [5.74, 6) is -1.88. The first kappa shape index (κ1) is 5.46. The van der Waals surface area contributed by atoms with Crippen LogP contribution in [0.3, 0.4) is 0 Å². The average Bonchev–Trinajstić information content (AvgIpc) is 2.31. The zero-order chi connectivity index (χ0) is 15.0. The Morgan fingerprint density at radius 1 is 1.93 bits per heavy atom. The maximum Gasteiger partial charge on any atom is 0.339 e. The molecule has 1 aromatic carbocycles. The molecule has 0 aliphatic heterocycles. The lowest BCUT2D eigenvalue weighted by atomic mass is 10.2. The standard InChI is InChI=1S/C9H10ClNO3/c1-2-14-8-4-7(11)6(10)3-5(8)9(12)13/h3-4H,2,11H2,1H3,(H,12,13)/i2D2,3D,4D/hD. The molecule has 0 fully saturated rings. The van der Waals surface area contributed by atoms with Gasteiger partial charge in [-0.2, -0.15) is 0 Å². The summed E-state index contributed by atoms with van der Waals surface area (Å²) in [5.41, 5.74) is 4.53. The van der Waals surface area contributed by atoms with Gasteiger partial charge < -0.3 is 15.6 Å². The Balaban J connectivity index is 3.62. The van der Waals surface area contributed by atoms with Gasteiger partial charge in [0.1, 0.15) is 11.3 Å². The number of anilines is 1. The number of nitrogens with two attached hydrogens (primary N) is 1. The fraction of sp³-hybridized carbons (Fsp3) is 0.222. The Morgan fingerprint density at radius 3 is 3.21 bits per heavy atom. The second kappa shape index (κ2) is 4.19. The number of ether oxygens (including phenoxy) is 1. The second-order valence-corrected chi connectivity index (χ2v) is 2.65. The van der Waals surface area contributed by atoms with E-state index < -0.39 is 35.9 Å². The Hall–Kier alpha value is -1.42. The Labute approximate surface area is 93.4 Å². The highest BCUT2D eigenvalue weighted by Gasteiger charge is 2.13. The molecule has 3 N–H and O–H groups in total. The highest BCUT2D eigenvalue weighted by atomic mass is 35.5. The molecular weight excluding hydrogens is 206 g/mol. The van der Waals surface area contributed by atoms with E-state index in [0.717, 1.165) is 6.92 Å². The summed E-state index contributed by atoms with van der Waals surface area (Å²) in [7, 11) is 0. The summed E-state index contributed by atoms with van der Waals surface area (Å²) < 4.78 is 41.2. The summed E-state index contributed by atoms with van der Waals surface area (Å²) in [6.45, 7) is -1.18. The zero-order valence-corrected chi connectivity index (χ0v) is 7.94. The summed E-state index contributed by atoms with van der Waals surface area (Å²) >= 11 is 5.68. The lowest BCUT2D eigenvalue weighted by molar-refractivity contribution is 0.0692. The fourth-order valence-corrected chi connectivity index (χ4v) is 0.938. The van der Waals surface area contributed by atoms with Gasteiger partial charge in [0.15, 0.2) is 0 Å². The largest absolute Gasteiger partial charge is 0.493 e. The van der Waals surface area contributed by atoms with Crippen LogP contribution >= 0.6 is 11.6 Å². The quantitative estimate of drug-likeness (QED) is 0.765. The highest BCUT2D eigenvalue weighted by molar-refractivity contribution is 6.33. The van der Waals surface area contributed by atoms with Crippen LogP contribution in [-0.2, 0) is 0 Å². The molecule has 0 amide bonds. The van der Waals surface area contributed by atoms with Crippen LogP contribution in [0.15, 0.2) is 12.1 Å². The molecule has 0 aromatic heterocycles. The van der Waals surface area contributed by atoms with Crippen molar-refractivity contribution < 1.29 is 20.1 Å². The molecule has 1 aromatic rings.